The summed E-state index contributed by atoms with van der Waals surface area (Å²) < 4.78 is 24.5. The largest absolute Gasteiger partial charge is 0.477 e. The first-order valence-corrected chi connectivity index (χ1v) is 4.16. The van der Waals surface area contributed by atoms with Gasteiger partial charge in [0.25, 0.3) is 6.43 Å². The highest BCUT2D eigenvalue weighted by Crippen LogP contribution is 2.20. The molecule has 0 aromatic carbocycles. The minimum atomic E-state index is -2.72. The molecular weight excluding hydrogens is 216 g/mol. The van der Waals surface area contributed by atoms with Crippen LogP contribution in [-0.4, -0.2) is 16.1 Å². The molecule has 0 spiro atoms. The number of rotatable bonds is 3. The van der Waals surface area contributed by atoms with E-state index in [-0.39, 0.29) is 17.1 Å². The van der Waals surface area contributed by atoms with Crippen molar-refractivity contribution >= 4 is 17.6 Å². The van der Waals surface area contributed by atoms with Crippen LogP contribution in [0.4, 0.5) is 8.78 Å². The molecule has 1 N–H and O–H groups in total. The van der Waals surface area contributed by atoms with Gasteiger partial charge in [-0.2, -0.15) is 0 Å². The van der Waals surface area contributed by atoms with Crippen molar-refractivity contribution in [3.05, 3.63) is 29.1 Å². The zero-order valence-electron chi connectivity index (χ0n) is 6.88. The number of hydrogen-bond acceptors (Lipinski definition) is 2. The lowest BCUT2D eigenvalue weighted by Gasteiger charge is -2.03. The molecular formula is C8H6ClF2NO2. The topological polar surface area (TPSA) is 50.2 Å². The molecule has 0 saturated carbocycles. The predicted octanol–water partition coefficient (Wildman–Crippen LogP) is 2.46. The molecule has 0 fully saturated rings. The van der Waals surface area contributed by atoms with Crippen LogP contribution in [-0.2, 0) is 5.88 Å². The van der Waals surface area contributed by atoms with Crippen molar-refractivity contribution in [1.29, 1.82) is 0 Å². The zero-order valence-corrected chi connectivity index (χ0v) is 7.63. The van der Waals surface area contributed by atoms with E-state index in [9.17, 15) is 13.6 Å². The summed E-state index contributed by atoms with van der Waals surface area (Å²) in [4.78, 5) is 14.1. The van der Waals surface area contributed by atoms with E-state index in [4.69, 9.17) is 16.7 Å². The molecule has 0 radical (unpaired) electrons. The monoisotopic (exact) mass is 221 g/mol. The lowest BCUT2D eigenvalue weighted by molar-refractivity contribution is 0.0689. The molecule has 0 aliphatic rings. The standard InChI is InChI=1S/C8H6ClF2NO2/c9-3-5-1-4(7(10)11)2-6(12-5)8(13)14/h1-2,7H,3H2,(H,13,14). The molecule has 0 aliphatic carbocycles. The first-order valence-electron chi connectivity index (χ1n) is 3.63. The number of aromatic carboxylic acids is 1. The number of aromatic nitrogens is 1. The van der Waals surface area contributed by atoms with Gasteiger partial charge in [0, 0.05) is 5.56 Å². The van der Waals surface area contributed by atoms with Gasteiger partial charge in [-0.3, -0.25) is 0 Å². The molecule has 0 aliphatic heterocycles. The van der Waals surface area contributed by atoms with Crippen molar-refractivity contribution in [2.75, 3.05) is 0 Å². The molecule has 0 atom stereocenters. The van der Waals surface area contributed by atoms with Crippen LogP contribution in [0.15, 0.2) is 12.1 Å². The summed E-state index contributed by atoms with van der Waals surface area (Å²) in [6, 6.07) is 1.92. The van der Waals surface area contributed by atoms with Crippen LogP contribution >= 0.6 is 11.6 Å². The number of hydrogen-bond donors (Lipinski definition) is 1. The highest BCUT2D eigenvalue weighted by atomic mass is 35.5. The van der Waals surface area contributed by atoms with Gasteiger partial charge in [0.15, 0.2) is 0 Å². The normalized spacial score (nSPS) is 10.6. The smallest absolute Gasteiger partial charge is 0.354 e. The van der Waals surface area contributed by atoms with E-state index in [1.54, 1.807) is 0 Å². The second-order valence-electron chi connectivity index (χ2n) is 2.52. The lowest BCUT2D eigenvalue weighted by atomic mass is 10.2. The Hall–Kier alpha value is -1.23. The van der Waals surface area contributed by atoms with E-state index in [1.165, 1.54) is 0 Å². The Morgan fingerprint density at radius 3 is 2.64 bits per heavy atom. The van der Waals surface area contributed by atoms with Gasteiger partial charge < -0.3 is 5.11 Å². The molecule has 3 nitrogen and oxygen atoms in total. The fraction of sp³-hybridized carbons (Fsp3) is 0.250. The Morgan fingerprint density at radius 2 is 2.21 bits per heavy atom. The van der Waals surface area contributed by atoms with Crippen LogP contribution in [0.25, 0.3) is 0 Å². The van der Waals surface area contributed by atoms with E-state index in [0.29, 0.717) is 0 Å². The van der Waals surface area contributed by atoms with Crippen molar-refractivity contribution in [3.8, 4) is 0 Å². The number of carboxylic acid groups (broad SMARTS) is 1. The molecule has 0 bridgehead atoms. The molecule has 0 amide bonds. The second kappa shape index (κ2) is 4.32. The fourth-order valence-corrected chi connectivity index (χ4v) is 1.05. The Balaban J connectivity index is 3.20. The van der Waals surface area contributed by atoms with Gasteiger partial charge in [-0.15, -0.1) is 11.6 Å². The van der Waals surface area contributed by atoms with Crippen molar-refractivity contribution < 1.29 is 18.7 Å². The summed E-state index contributed by atoms with van der Waals surface area (Å²) in [5.41, 5.74) is -0.673. The second-order valence-corrected chi connectivity index (χ2v) is 2.78. The Labute approximate surface area is 83.3 Å². The minimum Gasteiger partial charge on any atom is -0.477 e. The van der Waals surface area contributed by atoms with Crippen molar-refractivity contribution in [1.82, 2.24) is 4.98 Å². The molecule has 1 heterocycles. The SMILES string of the molecule is O=C(O)c1cc(C(F)F)cc(CCl)n1. The molecule has 6 heteroatoms. The molecule has 14 heavy (non-hydrogen) atoms. The van der Waals surface area contributed by atoms with Gasteiger partial charge in [-0.05, 0) is 12.1 Å². The maximum absolute atomic E-state index is 12.3. The maximum atomic E-state index is 12.3. The van der Waals surface area contributed by atoms with Crippen LogP contribution in [0, 0.1) is 0 Å². The molecule has 1 rings (SSSR count). The number of carboxylic acids is 1. The van der Waals surface area contributed by atoms with E-state index in [2.05, 4.69) is 4.98 Å². The summed E-state index contributed by atoms with van der Waals surface area (Å²) >= 11 is 5.38. The lowest BCUT2D eigenvalue weighted by Crippen LogP contribution is -2.04. The Morgan fingerprint density at radius 1 is 1.57 bits per heavy atom. The molecule has 76 valence electrons. The highest BCUT2D eigenvalue weighted by molar-refractivity contribution is 6.16. The first kappa shape index (κ1) is 10.8. The fourth-order valence-electron chi connectivity index (χ4n) is 0.915. The third-order valence-electron chi connectivity index (χ3n) is 1.51. The minimum absolute atomic E-state index is 0.0964. The Kier molecular flexibility index (Phi) is 3.35. The van der Waals surface area contributed by atoms with Crippen molar-refractivity contribution in [2.45, 2.75) is 12.3 Å². The van der Waals surface area contributed by atoms with Gasteiger partial charge in [-0.1, -0.05) is 0 Å². The average Bonchev–Trinajstić information content (AvgIpc) is 2.16. The number of pyridine rings is 1. The quantitative estimate of drug-likeness (QED) is 0.798. The number of carbonyl (C=O) groups is 1. The van der Waals surface area contributed by atoms with Gasteiger partial charge in [0.2, 0.25) is 0 Å². The highest BCUT2D eigenvalue weighted by Gasteiger charge is 2.14. The summed E-state index contributed by atoms with van der Waals surface area (Å²) in [5, 5.41) is 8.56. The average molecular weight is 222 g/mol. The summed E-state index contributed by atoms with van der Waals surface area (Å²) in [5.74, 6) is -1.44. The van der Waals surface area contributed by atoms with Crippen LogP contribution in [0.3, 0.4) is 0 Å². The van der Waals surface area contributed by atoms with Crippen LogP contribution in [0.2, 0.25) is 0 Å². The summed E-state index contributed by atoms with van der Waals surface area (Å²) in [6.07, 6.45) is -2.72. The van der Waals surface area contributed by atoms with Crippen molar-refractivity contribution in [3.63, 3.8) is 0 Å². The van der Waals surface area contributed by atoms with E-state index in [1.807, 2.05) is 0 Å². The predicted molar refractivity (Wildman–Crippen MR) is 45.7 cm³/mol. The van der Waals surface area contributed by atoms with Gasteiger partial charge in [0.05, 0.1) is 11.6 Å². The third-order valence-corrected chi connectivity index (χ3v) is 1.78. The van der Waals surface area contributed by atoms with Crippen LogP contribution in [0.1, 0.15) is 28.2 Å². The molecule has 1 aromatic rings. The van der Waals surface area contributed by atoms with E-state index < -0.39 is 18.1 Å². The van der Waals surface area contributed by atoms with Crippen molar-refractivity contribution in [2.24, 2.45) is 0 Å². The number of nitrogens with zero attached hydrogens (tertiary/aromatic N) is 1. The Bertz CT molecular complexity index is 357. The summed E-state index contributed by atoms with van der Waals surface area (Å²) in [6.45, 7) is 0. The zero-order chi connectivity index (χ0) is 10.7. The van der Waals surface area contributed by atoms with E-state index >= 15 is 0 Å². The first-order chi connectivity index (χ1) is 6.54. The van der Waals surface area contributed by atoms with Gasteiger partial charge in [0.1, 0.15) is 5.69 Å². The number of halogens is 3. The maximum Gasteiger partial charge on any atom is 0.354 e. The molecule has 1 aromatic heterocycles. The third kappa shape index (κ3) is 2.38. The number of alkyl halides is 3. The molecule has 0 unspecified atom stereocenters. The van der Waals surface area contributed by atoms with E-state index in [0.717, 1.165) is 12.1 Å². The van der Waals surface area contributed by atoms with Gasteiger partial charge in [-0.25, -0.2) is 18.6 Å². The van der Waals surface area contributed by atoms with Crippen LogP contribution < -0.4 is 0 Å². The summed E-state index contributed by atoms with van der Waals surface area (Å²) in [7, 11) is 0. The molecule has 0 saturated heterocycles. The van der Waals surface area contributed by atoms with Gasteiger partial charge >= 0.3 is 5.97 Å². The van der Waals surface area contributed by atoms with Crippen LogP contribution in [0.5, 0.6) is 0 Å².